The number of rotatable bonds is 3. The van der Waals surface area contributed by atoms with E-state index in [1.807, 2.05) is 0 Å². The lowest BCUT2D eigenvalue weighted by molar-refractivity contribution is 0.601. The predicted octanol–water partition coefficient (Wildman–Crippen LogP) is 1.69. The molecule has 1 aromatic carbocycles. The van der Waals surface area contributed by atoms with Gasteiger partial charge >= 0.3 is 0 Å². The summed E-state index contributed by atoms with van der Waals surface area (Å²) < 4.78 is 39.5. The van der Waals surface area contributed by atoms with Crippen LogP contribution in [0.15, 0.2) is 33.8 Å². The number of benzene rings is 1. The minimum Gasteiger partial charge on any atom is -0.383 e. The number of nitrogen functional groups attached to an aromatic ring is 1. The van der Waals surface area contributed by atoms with Crippen LogP contribution in [-0.4, -0.2) is 18.6 Å². The number of aromatic amines is 1. The van der Waals surface area contributed by atoms with Crippen molar-refractivity contribution in [1.82, 2.24) is 10.2 Å². The van der Waals surface area contributed by atoms with Crippen molar-refractivity contribution in [3.8, 4) is 0 Å². The molecule has 0 atom stereocenters. The number of hydrogen-bond acceptors (Lipinski definition) is 4. The molecule has 0 amide bonds. The molecule has 1 aromatic heterocycles. The summed E-state index contributed by atoms with van der Waals surface area (Å²) in [6.45, 7) is 0. The van der Waals surface area contributed by atoms with Gasteiger partial charge in [-0.25, -0.2) is 12.8 Å². The Labute approximate surface area is 111 Å². The average molecular weight is 335 g/mol. The maximum Gasteiger partial charge on any atom is 0.267 e. The lowest BCUT2D eigenvalue weighted by Crippen LogP contribution is -2.14. The monoisotopic (exact) mass is 334 g/mol. The van der Waals surface area contributed by atoms with E-state index in [0.29, 0.717) is 0 Å². The van der Waals surface area contributed by atoms with E-state index in [0.717, 1.165) is 12.3 Å². The quantitative estimate of drug-likeness (QED) is 0.795. The number of anilines is 2. The minimum atomic E-state index is -3.88. The molecule has 1 heterocycles. The van der Waals surface area contributed by atoms with Crippen molar-refractivity contribution in [3.05, 3.63) is 34.7 Å². The fraction of sp³-hybridized carbons (Fsp3) is 0. The van der Waals surface area contributed by atoms with Crippen LogP contribution < -0.4 is 10.5 Å². The summed E-state index contributed by atoms with van der Waals surface area (Å²) in [4.78, 5) is -0.189. The molecule has 2 aromatic rings. The second kappa shape index (κ2) is 4.58. The van der Waals surface area contributed by atoms with Gasteiger partial charge in [-0.3, -0.25) is 9.82 Å². The van der Waals surface area contributed by atoms with Gasteiger partial charge in [0.2, 0.25) is 0 Å². The second-order valence-electron chi connectivity index (χ2n) is 3.38. The molecule has 6 nitrogen and oxygen atoms in total. The molecule has 0 saturated carbocycles. The summed E-state index contributed by atoms with van der Waals surface area (Å²) in [6, 6.07) is 3.87. The maximum atomic E-state index is 13.3. The van der Waals surface area contributed by atoms with Crippen LogP contribution in [0.1, 0.15) is 0 Å². The molecule has 96 valence electrons. The Kier molecular flexibility index (Phi) is 3.26. The molecule has 0 spiro atoms. The van der Waals surface area contributed by atoms with E-state index in [1.54, 1.807) is 0 Å². The van der Waals surface area contributed by atoms with Crippen LogP contribution in [0.2, 0.25) is 0 Å². The smallest absolute Gasteiger partial charge is 0.267 e. The van der Waals surface area contributed by atoms with E-state index >= 15 is 0 Å². The standard InChI is InChI=1S/C9H8BrFN4O2S/c10-6-2-1-5(3-7(6)11)15-18(16,17)8-4-13-14-9(8)12/h1-4,15H,(H3,12,13,14). The number of sulfonamides is 1. The van der Waals surface area contributed by atoms with Crippen LogP contribution >= 0.6 is 15.9 Å². The van der Waals surface area contributed by atoms with Crippen molar-refractivity contribution in [2.24, 2.45) is 0 Å². The van der Waals surface area contributed by atoms with Gasteiger partial charge in [0.1, 0.15) is 16.5 Å². The molecule has 9 heteroatoms. The van der Waals surface area contributed by atoms with Crippen molar-refractivity contribution in [2.45, 2.75) is 4.90 Å². The zero-order chi connectivity index (χ0) is 13.3. The maximum absolute atomic E-state index is 13.3. The Morgan fingerprint density at radius 3 is 2.72 bits per heavy atom. The predicted molar refractivity (Wildman–Crippen MR) is 67.9 cm³/mol. The third-order valence-electron chi connectivity index (χ3n) is 2.09. The van der Waals surface area contributed by atoms with Crippen LogP contribution in [0.25, 0.3) is 0 Å². The number of H-pyrrole nitrogens is 1. The summed E-state index contributed by atoms with van der Waals surface area (Å²) in [5.41, 5.74) is 5.51. The highest BCUT2D eigenvalue weighted by Crippen LogP contribution is 2.23. The van der Waals surface area contributed by atoms with E-state index < -0.39 is 15.8 Å². The number of hydrogen-bond donors (Lipinski definition) is 3. The van der Waals surface area contributed by atoms with Gasteiger partial charge in [-0.2, -0.15) is 5.10 Å². The van der Waals surface area contributed by atoms with Crippen molar-refractivity contribution in [3.63, 3.8) is 0 Å². The van der Waals surface area contributed by atoms with Crippen LogP contribution in [0.5, 0.6) is 0 Å². The third kappa shape index (κ3) is 2.46. The lowest BCUT2D eigenvalue weighted by atomic mass is 10.3. The van der Waals surface area contributed by atoms with E-state index in [1.165, 1.54) is 12.1 Å². The molecule has 0 fully saturated rings. The van der Waals surface area contributed by atoms with Crippen molar-refractivity contribution in [1.29, 1.82) is 0 Å². The zero-order valence-corrected chi connectivity index (χ0v) is 11.2. The molecule has 0 unspecified atom stereocenters. The molecule has 0 radical (unpaired) electrons. The molecule has 0 bridgehead atoms. The Morgan fingerprint density at radius 2 is 2.17 bits per heavy atom. The summed E-state index contributed by atoms with van der Waals surface area (Å²) in [7, 11) is -3.88. The highest BCUT2D eigenvalue weighted by molar-refractivity contribution is 9.10. The van der Waals surface area contributed by atoms with Crippen molar-refractivity contribution in [2.75, 3.05) is 10.5 Å². The topological polar surface area (TPSA) is 101 Å². The Bertz CT molecular complexity index is 686. The first kappa shape index (κ1) is 12.8. The van der Waals surface area contributed by atoms with Crippen molar-refractivity contribution < 1.29 is 12.8 Å². The Hall–Kier alpha value is -1.61. The normalized spacial score (nSPS) is 11.4. The summed E-state index contributed by atoms with van der Waals surface area (Å²) in [6.07, 6.45) is 1.08. The van der Waals surface area contributed by atoms with Crippen LogP contribution in [0, 0.1) is 5.82 Å². The van der Waals surface area contributed by atoms with Crippen molar-refractivity contribution >= 4 is 37.5 Å². The number of nitrogens with one attached hydrogen (secondary N) is 2. The van der Waals surface area contributed by atoms with Gasteiger partial charge in [0, 0.05) is 0 Å². The lowest BCUT2D eigenvalue weighted by Gasteiger charge is -2.07. The molecule has 2 rings (SSSR count). The van der Waals surface area contributed by atoms with Gasteiger partial charge in [-0.15, -0.1) is 0 Å². The fourth-order valence-corrected chi connectivity index (χ4v) is 2.59. The summed E-state index contributed by atoms with van der Waals surface area (Å²) in [5, 5.41) is 5.82. The van der Waals surface area contributed by atoms with Gasteiger partial charge < -0.3 is 5.73 Å². The highest BCUT2D eigenvalue weighted by atomic mass is 79.9. The number of nitrogens with two attached hydrogens (primary N) is 1. The first-order chi connectivity index (χ1) is 8.40. The van der Waals surface area contributed by atoms with Crippen LogP contribution in [0.4, 0.5) is 15.9 Å². The molecule has 0 aliphatic carbocycles. The molecule has 0 aliphatic heterocycles. The van der Waals surface area contributed by atoms with E-state index in [-0.39, 0.29) is 20.9 Å². The van der Waals surface area contributed by atoms with E-state index in [2.05, 4.69) is 30.8 Å². The number of halogens is 2. The zero-order valence-electron chi connectivity index (χ0n) is 8.81. The molecule has 0 aliphatic rings. The van der Waals surface area contributed by atoms with Gasteiger partial charge in [0.15, 0.2) is 0 Å². The molecule has 4 N–H and O–H groups in total. The third-order valence-corrected chi connectivity index (χ3v) is 4.15. The average Bonchev–Trinajstić information content (AvgIpc) is 2.70. The highest BCUT2D eigenvalue weighted by Gasteiger charge is 2.19. The largest absolute Gasteiger partial charge is 0.383 e. The van der Waals surface area contributed by atoms with E-state index in [4.69, 9.17) is 5.73 Å². The molecular formula is C9H8BrFN4O2S. The Morgan fingerprint density at radius 1 is 1.44 bits per heavy atom. The Balaban J connectivity index is 2.34. The van der Waals surface area contributed by atoms with Gasteiger partial charge in [0.25, 0.3) is 10.0 Å². The number of aromatic nitrogens is 2. The van der Waals surface area contributed by atoms with Gasteiger partial charge in [0.05, 0.1) is 16.4 Å². The minimum absolute atomic E-state index is 0.0833. The number of nitrogens with zero attached hydrogens (tertiary/aromatic N) is 1. The van der Waals surface area contributed by atoms with E-state index in [9.17, 15) is 12.8 Å². The fourth-order valence-electron chi connectivity index (χ4n) is 1.27. The van der Waals surface area contributed by atoms with Gasteiger partial charge in [-0.05, 0) is 34.1 Å². The first-order valence-electron chi connectivity index (χ1n) is 4.67. The molecule has 0 saturated heterocycles. The molecule has 18 heavy (non-hydrogen) atoms. The summed E-state index contributed by atoms with van der Waals surface area (Å²) in [5.74, 6) is -0.657. The van der Waals surface area contributed by atoms with Gasteiger partial charge in [-0.1, -0.05) is 0 Å². The second-order valence-corrected chi connectivity index (χ2v) is 5.89. The molecular weight excluding hydrogens is 327 g/mol. The SMILES string of the molecule is Nc1[nH]ncc1S(=O)(=O)Nc1ccc(Br)c(F)c1. The first-order valence-corrected chi connectivity index (χ1v) is 6.94. The van der Waals surface area contributed by atoms with Crippen LogP contribution in [-0.2, 0) is 10.0 Å². The summed E-state index contributed by atoms with van der Waals surface area (Å²) >= 11 is 2.97. The van der Waals surface area contributed by atoms with Crippen LogP contribution in [0.3, 0.4) is 0 Å².